The van der Waals surface area contributed by atoms with Crippen LogP contribution >= 0.6 is 0 Å². The number of piperidine rings is 1. The van der Waals surface area contributed by atoms with Crippen LogP contribution in [0.2, 0.25) is 0 Å². The monoisotopic (exact) mass is 327 g/mol. The molecule has 1 saturated heterocycles. The highest BCUT2D eigenvalue weighted by Gasteiger charge is 2.29. The number of rotatable bonds is 5. The molecule has 1 aliphatic heterocycles. The van der Waals surface area contributed by atoms with Gasteiger partial charge in [-0.1, -0.05) is 6.42 Å². The van der Waals surface area contributed by atoms with Gasteiger partial charge in [0.15, 0.2) is 0 Å². The van der Waals surface area contributed by atoms with Crippen LogP contribution in [0.5, 0.6) is 5.75 Å². The number of ether oxygens (including phenoxy) is 1. The summed E-state index contributed by atoms with van der Waals surface area (Å²) in [6, 6.07) is 9.55. The summed E-state index contributed by atoms with van der Waals surface area (Å²) in [7, 11) is 4.19. The average molecular weight is 327 g/mol. The van der Waals surface area contributed by atoms with Gasteiger partial charge in [0.2, 0.25) is 0 Å². The molecule has 1 N–H and O–H groups in total. The number of aromatic amines is 1. The zero-order chi connectivity index (χ0) is 16.5. The Morgan fingerprint density at radius 1 is 1.12 bits per heavy atom. The van der Waals surface area contributed by atoms with Crippen LogP contribution in [0.25, 0.3) is 10.9 Å². The molecule has 2 heterocycles. The molecule has 2 aliphatic rings. The molecule has 0 atom stereocenters. The Labute approximate surface area is 144 Å². The Kier molecular flexibility index (Phi) is 4.51. The minimum absolute atomic E-state index is 0.374. The first kappa shape index (κ1) is 16.0. The van der Waals surface area contributed by atoms with E-state index in [-0.39, 0.29) is 0 Å². The minimum Gasteiger partial charge on any atom is -0.490 e. The third-order valence-corrected chi connectivity index (χ3v) is 5.50. The number of benzene rings is 1. The Bertz CT molecular complexity index is 681. The Balaban J connectivity index is 1.37. The lowest BCUT2D eigenvalue weighted by Gasteiger charge is -2.41. The molecule has 24 heavy (non-hydrogen) atoms. The molecule has 4 nitrogen and oxygen atoms in total. The molecule has 0 spiro atoms. The van der Waals surface area contributed by atoms with Gasteiger partial charge in [-0.3, -0.25) is 0 Å². The fourth-order valence-corrected chi connectivity index (χ4v) is 3.97. The first-order valence-electron chi connectivity index (χ1n) is 9.34. The second kappa shape index (κ2) is 6.77. The van der Waals surface area contributed by atoms with Crippen molar-refractivity contribution in [1.29, 1.82) is 0 Å². The molecule has 4 heteroatoms. The van der Waals surface area contributed by atoms with Crippen molar-refractivity contribution in [2.45, 2.75) is 50.8 Å². The van der Waals surface area contributed by atoms with Gasteiger partial charge in [0.05, 0.1) is 0 Å². The van der Waals surface area contributed by atoms with Crippen LogP contribution in [0.1, 0.15) is 37.8 Å². The van der Waals surface area contributed by atoms with Gasteiger partial charge in [-0.25, -0.2) is 0 Å². The number of hydrogen-bond acceptors (Lipinski definition) is 3. The van der Waals surface area contributed by atoms with E-state index in [4.69, 9.17) is 4.74 Å². The molecule has 1 aromatic heterocycles. The van der Waals surface area contributed by atoms with E-state index < -0.39 is 0 Å². The zero-order valence-electron chi connectivity index (χ0n) is 14.9. The summed E-state index contributed by atoms with van der Waals surface area (Å²) in [5.41, 5.74) is 2.44. The summed E-state index contributed by atoms with van der Waals surface area (Å²) in [6.45, 7) is 3.34. The third-order valence-electron chi connectivity index (χ3n) is 5.50. The fraction of sp³-hybridized carbons (Fsp3) is 0.600. The molecular formula is C20H29N3O. The standard InChI is InChI=1S/C20H29N3O/c1-22(2)14-16-12-15-13-19(6-7-20(15)21-16)24-18-8-10-23(11-9-18)17-4-3-5-17/h6-7,12-13,17-18,21H,3-5,8-11,14H2,1-2H3. The number of likely N-dealkylation sites (tertiary alicyclic amines) is 1. The highest BCUT2D eigenvalue weighted by molar-refractivity contribution is 5.81. The molecule has 0 bridgehead atoms. The summed E-state index contributed by atoms with van der Waals surface area (Å²) in [5, 5.41) is 1.25. The number of H-pyrrole nitrogens is 1. The molecule has 1 saturated carbocycles. The lowest BCUT2D eigenvalue weighted by atomic mass is 9.90. The van der Waals surface area contributed by atoms with E-state index in [0.29, 0.717) is 6.10 Å². The predicted octanol–water partition coefficient (Wildman–Crippen LogP) is 3.63. The van der Waals surface area contributed by atoms with Gasteiger partial charge in [0.25, 0.3) is 0 Å². The smallest absolute Gasteiger partial charge is 0.120 e. The van der Waals surface area contributed by atoms with Gasteiger partial charge in [-0.05, 0) is 64.0 Å². The van der Waals surface area contributed by atoms with Crippen LogP contribution in [-0.4, -0.2) is 54.1 Å². The number of nitrogens with zero attached hydrogens (tertiary/aromatic N) is 2. The first-order valence-corrected chi connectivity index (χ1v) is 9.34. The normalized spacial score (nSPS) is 20.6. The molecule has 0 amide bonds. The molecule has 130 valence electrons. The summed E-state index contributed by atoms with van der Waals surface area (Å²) < 4.78 is 6.28. The Morgan fingerprint density at radius 3 is 2.58 bits per heavy atom. The number of fused-ring (bicyclic) bond motifs is 1. The molecule has 2 fully saturated rings. The van der Waals surface area contributed by atoms with Gasteiger partial charge in [0.1, 0.15) is 11.9 Å². The van der Waals surface area contributed by atoms with Crippen molar-refractivity contribution in [3.05, 3.63) is 30.0 Å². The highest BCUT2D eigenvalue weighted by atomic mass is 16.5. The van der Waals surface area contributed by atoms with Crippen molar-refractivity contribution in [2.24, 2.45) is 0 Å². The molecule has 4 rings (SSSR count). The van der Waals surface area contributed by atoms with E-state index in [1.54, 1.807) is 0 Å². The van der Waals surface area contributed by atoms with Crippen molar-refractivity contribution >= 4 is 10.9 Å². The van der Waals surface area contributed by atoms with Gasteiger partial charge in [0, 0.05) is 42.3 Å². The van der Waals surface area contributed by atoms with E-state index in [0.717, 1.165) is 31.2 Å². The number of aromatic nitrogens is 1. The third kappa shape index (κ3) is 3.45. The number of nitrogens with one attached hydrogen (secondary N) is 1. The van der Waals surface area contributed by atoms with Crippen molar-refractivity contribution in [3.8, 4) is 5.75 Å². The van der Waals surface area contributed by atoms with Crippen LogP contribution in [0.4, 0.5) is 0 Å². The summed E-state index contributed by atoms with van der Waals surface area (Å²) in [4.78, 5) is 8.34. The Morgan fingerprint density at radius 2 is 1.92 bits per heavy atom. The lowest BCUT2D eigenvalue weighted by molar-refractivity contribution is 0.0494. The highest BCUT2D eigenvalue weighted by Crippen LogP contribution is 2.29. The van der Waals surface area contributed by atoms with Gasteiger partial charge < -0.3 is 19.5 Å². The molecule has 1 aliphatic carbocycles. The van der Waals surface area contributed by atoms with Crippen molar-refractivity contribution in [2.75, 3.05) is 27.2 Å². The lowest BCUT2D eigenvalue weighted by Crippen LogP contribution is -2.46. The van der Waals surface area contributed by atoms with Crippen molar-refractivity contribution < 1.29 is 4.74 Å². The molecular weight excluding hydrogens is 298 g/mol. The second-order valence-corrected chi connectivity index (χ2v) is 7.72. The SMILES string of the molecule is CN(C)Cc1cc2cc(OC3CCN(C4CCC4)CC3)ccc2[nH]1. The first-order chi connectivity index (χ1) is 11.7. The van der Waals surface area contributed by atoms with Crippen LogP contribution in [0.15, 0.2) is 24.3 Å². The van der Waals surface area contributed by atoms with Gasteiger partial charge >= 0.3 is 0 Å². The van der Waals surface area contributed by atoms with E-state index in [1.165, 1.54) is 48.9 Å². The molecule has 2 aromatic rings. The van der Waals surface area contributed by atoms with Crippen LogP contribution in [-0.2, 0) is 6.54 Å². The van der Waals surface area contributed by atoms with Crippen LogP contribution in [0.3, 0.4) is 0 Å². The summed E-state index contributed by atoms with van der Waals surface area (Å²) in [6.07, 6.45) is 6.93. The number of hydrogen-bond donors (Lipinski definition) is 1. The maximum atomic E-state index is 6.28. The van der Waals surface area contributed by atoms with Gasteiger partial charge in [-0.15, -0.1) is 0 Å². The van der Waals surface area contributed by atoms with Crippen molar-refractivity contribution in [3.63, 3.8) is 0 Å². The molecule has 0 radical (unpaired) electrons. The Hall–Kier alpha value is -1.52. The molecule has 0 unspecified atom stereocenters. The fourth-order valence-electron chi connectivity index (χ4n) is 3.97. The molecule has 1 aromatic carbocycles. The van der Waals surface area contributed by atoms with Crippen LogP contribution in [0, 0.1) is 0 Å². The van der Waals surface area contributed by atoms with E-state index in [1.807, 2.05) is 0 Å². The average Bonchev–Trinajstić information content (AvgIpc) is 2.88. The maximum Gasteiger partial charge on any atom is 0.120 e. The van der Waals surface area contributed by atoms with Crippen LogP contribution < -0.4 is 4.74 Å². The summed E-state index contributed by atoms with van der Waals surface area (Å²) in [5.74, 6) is 1.01. The quantitative estimate of drug-likeness (QED) is 0.910. The topological polar surface area (TPSA) is 31.5 Å². The predicted molar refractivity (Wildman–Crippen MR) is 98.6 cm³/mol. The van der Waals surface area contributed by atoms with E-state index >= 15 is 0 Å². The maximum absolute atomic E-state index is 6.28. The minimum atomic E-state index is 0.374. The van der Waals surface area contributed by atoms with E-state index in [9.17, 15) is 0 Å². The van der Waals surface area contributed by atoms with E-state index in [2.05, 4.69) is 53.1 Å². The van der Waals surface area contributed by atoms with Crippen molar-refractivity contribution in [1.82, 2.24) is 14.8 Å². The zero-order valence-corrected chi connectivity index (χ0v) is 14.9. The summed E-state index contributed by atoms with van der Waals surface area (Å²) >= 11 is 0. The second-order valence-electron chi connectivity index (χ2n) is 7.72. The van der Waals surface area contributed by atoms with Gasteiger partial charge in [-0.2, -0.15) is 0 Å². The largest absolute Gasteiger partial charge is 0.490 e.